The molecular formula is C15H14N2O5. The van der Waals surface area contributed by atoms with Crippen LogP contribution < -0.4 is 5.32 Å². The summed E-state index contributed by atoms with van der Waals surface area (Å²) < 4.78 is 0. The minimum Gasteiger partial charge on any atom is -0.504 e. The first-order chi connectivity index (χ1) is 10.5. The minimum absolute atomic E-state index is 0.142. The Morgan fingerprint density at radius 1 is 1.14 bits per heavy atom. The fourth-order valence-corrected chi connectivity index (χ4v) is 1.91. The number of nitrogens with zero attached hydrogens (tertiary/aromatic N) is 1. The van der Waals surface area contributed by atoms with Crippen LogP contribution in [0.1, 0.15) is 15.9 Å². The van der Waals surface area contributed by atoms with Crippen LogP contribution in [0.4, 0.5) is 5.69 Å². The van der Waals surface area contributed by atoms with Crippen LogP contribution in [-0.4, -0.2) is 27.6 Å². The van der Waals surface area contributed by atoms with Crippen LogP contribution in [0.25, 0.3) is 0 Å². The van der Waals surface area contributed by atoms with E-state index in [9.17, 15) is 25.1 Å². The topological polar surface area (TPSA) is 113 Å². The number of amides is 1. The Morgan fingerprint density at radius 3 is 2.59 bits per heavy atom. The fraction of sp³-hybridized carbons (Fsp3) is 0.133. The third-order valence-electron chi connectivity index (χ3n) is 3.06. The van der Waals surface area contributed by atoms with Gasteiger partial charge in [0.15, 0.2) is 11.5 Å². The van der Waals surface area contributed by atoms with Gasteiger partial charge in [-0.3, -0.25) is 14.9 Å². The molecule has 3 N–H and O–H groups in total. The van der Waals surface area contributed by atoms with Crippen molar-refractivity contribution in [3.8, 4) is 11.5 Å². The molecule has 0 radical (unpaired) electrons. The molecule has 0 unspecified atom stereocenters. The maximum Gasteiger partial charge on any atom is 0.270 e. The van der Waals surface area contributed by atoms with Crippen molar-refractivity contribution in [2.75, 3.05) is 6.54 Å². The van der Waals surface area contributed by atoms with Crippen LogP contribution in [0.3, 0.4) is 0 Å². The lowest BCUT2D eigenvalue weighted by Gasteiger charge is -2.06. The van der Waals surface area contributed by atoms with E-state index >= 15 is 0 Å². The van der Waals surface area contributed by atoms with E-state index in [0.717, 1.165) is 5.56 Å². The number of aromatic hydroxyl groups is 2. The van der Waals surface area contributed by atoms with Crippen LogP contribution in [0, 0.1) is 10.1 Å². The SMILES string of the molecule is O=C(NCCc1ccc(O)c(O)c1)c1cccc([N+](=O)[O-])c1. The number of phenols is 2. The summed E-state index contributed by atoms with van der Waals surface area (Å²) in [6.45, 7) is 0.297. The highest BCUT2D eigenvalue weighted by Crippen LogP contribution is 2.24. The van der Waals surface area contributed by atoms with Crippen LogP contribution in [0.5, 0.6) is 11.5 Å². The molecule has 0 fully saturated rings. The lowest BCUT2D eigenvalue weighted by molar-refractivity contribution is -0.384. The molecule has 0 atom stereocenters. The van der Waals surface area contributed by atoms with Gasteiger partial charge in [-0.15, -0.1) is 0 Å². The number of nitrogens with one attached hydrogen (secondary N) is 1. The summed E-state index contributed by atoms with van der Waals surface area (Å²) in [5, 5.41) is 31.9. The highest BCUT2D eigenvalue weighted by atomic mass is 16.6. The normalized spacial score (nSPS) is 10.2. The average molecular weight is 302 g/mol. The molecule has 7 heteroatoms. The molecule has 2 aromatic carbocycles. The lowest BCUT2D eigenvalue weighted by Crippen LogP contribution is -2.25. The van der Waals surface area contributed by atoms with Gasteiger partial charge in [-0.05, 0) is 30.2 Å². The van der Waals surface area contributed by atoms with Crippen molar-refractivity contribution in [1.82, 2.24) is 5.32 Å². The molecule has 114 valence electrons. The number of non-ortho nitro benzene ring substituents is 1. The first-order valence-corrected chi connectivity index (χ1v) is 6.51. The van der Waals surface area contributed by atoms with Crippen LogP contribution in [0.15, 0.2) is 42.5 Å². The number of rotatable bonds is 5. The van der Waals surface area contributed by atoms with Gasteiger partial charge in [0.1, 0.15) is 0 Å². The molecule has 0 heterocycles. The summed E-state index contributed by atoms with van der Waals surface area (Å²) in [5.41, 5.74) is 0.813. The zero-order valence-corrected chi connectivity index (χ0v) is 11.5. The Balaban J connectivity index is 1.94. The highest BCUT2D eigenvalue weighted by Gasteiger charge is 2.11. The van der Waals surface area contributed by atoms with Gasteiger partial charge in [0, 0.05) is 24.2 Å². The molecule has 22 heavy (non-hydrogen) atoms. The highest BCUT2D eigenvalue weighted by molar-refractivity contribution is 5.94. The first-order valence-electron chi connectivity index (χ1n) is 6.51. The van der Waals surface area contributed by atoms with Crippen molar-refractivity contribution in [1.29, 1.82) is 0 Å². The molecule has 0 spiro atoms. The van der Waals surface area contributed by atoms with Crippen molar-refractivity contribution in [2.45, 2.75) is 6.42 Å². The van der Waals surface area contributed by atoms with Gasteiger partial charge in [-0.25, -0.2) is 0 Å². The van der Waals surface area contributed by atoms with E-state index in [1.807, 2.05) is 0 Å². The van der Waals surface area contributed by atoms with Gasteiger partial charge in [0.2, 0.25) is 0 Å². The summed E-state index contributed by atoms with van der Waals surface area (Å²) in [4.78, 5) is 22.0. The summed E-state index contributed by atoms with van der Waals surface area (Å²) in [7, 11) is 0. The van der Waals surface area contributed by atoms with E-state index in [0.29, 0.717) is 13.0 Å². The molecule has 2 rings (SSSR count). The Morgan fingerprint density at radius 2 is 1.91 bits per heavy atom. The number of nitro groups is 1. The second-order valence-corrected chi connectivity index (χ2v) is 4.64. The molecule has 1 amide bonds. The molecule has 0 aliphatic carbocycles. The van der Waals surface area contributed by atoms with Crippen molar-refractivity contribution < 1.29 is 19.9 Å². The quantitative estimate of drug-likeness (QED) is 0.444. The van der Waals surface area contributed by atoms with E-state index < -0.39 is 10.8 Å². The second-order valence-electron chi connectivity index (χ2n) is 4.64. The Labute approximate surface area is 126 Å². The number of benzene rings is 2. The van der Waals surface area contributed by atoms with Crippen molar-refractivity contribution in [2.24, 2.45) is 0 Å². The van der Waals surface area contributed by atoms with E-state index in [4.69, 9.17) is 0 Å². The van der Waals surface area contributed by atoms with Gasteiger partial charge in [0.25, 0.3) is 11.6 Å². The average Bonchev–Trinajstić information content (AvgIpc) is 2.51. The van der Waals surface area contributed by atoms with E-state index in [1.54, 1.807) is 6.07 Å². The van der Waals surface area contributed by atoms with E-state index in [1.165, 1.54) is 36.4 Å². The van der Waals surface area contributed by atoms with Gasteiger partial charge in [0.05, 0.1) is 4.92 Å². The van der Waals surface area contributed by atoms with Crippen LogP contribution >= 0.6 is 0 Å². The number of phenolic OH excluding ortho intramolecular Hbond substituents is 2. The smallest absolute Gasteiger partial charge is 0.270 e. The number of carbonyl (C=O) groups excluding carboxylic acids is 1. The molecule has 2 aromatic rings. The fourth-order valence-electron chi connectivity index (χ4n) is 1.91. The number of hydrogen-bond acceptors (Lipinski definition) is 5. The largest absolute Gasteiger partial charge is 0.504 e. The Kier molecular flexibility index (Phi) is 4.57. The Hall–Kier alpha value is -3.09. The van der Waals surface area contributed by atoms with Crippen molar-refractivity contribution in [3.05, 3.63) is 63.7 Å². The van der Waals surface area contributed by atoms with Crippen LogP contribution in [0.2, 0.25) is 0 Å². The minimum atomic E-state index is -0.560. The monoisotopic (exact) mass is 302 g/mol. The molecule has 0 aliphatic heterocycles. The summed E-state index contributed by atoms with van der Waals surface area (Å²) in [6.07, 6.45) is 0.453. The summed E-state index contributed by atoms with van der Waals surface area (Å²) in [5.74, 6) is -0.835. The number of nitro benzene ring substituents is 1. The van der Waals surface area contributed by atoms with Gasteiger partial charge >= 0.3 is 0 Å². The first kappa shape index (κ1) is 15.3. The maximum atomic E-state index is 11.9. The summed E-state index contributed by atoms with van der Waals surface area (Å²) >= 11 is 0. The van der Waals surface area contributed by atoms with E-state index in [2.05, 4.69) is 5.32 Å². The zero-order chi connectivity index (χ0) is 16.1. The molecule has 0 aliphatic rings. The molecule has 0 saturated carbocycles. The number of carbonyl (C=O) groups is 1. The third-order valence-corrected chi connectivity index (χ3v) is 3.06. The molecule has 0 bridgehead atoms. The van der Waals surface area contributed by atoms with Gasteiger partial charge in [-0.2, -0.15) is 0 Å². The molecule has 0 aromatic heterocycles. The van der Waals surface area contributed by atoms with E-state index in [-0.39, 0.29) is 22.7 Å². The van der Waals surface area contributed by atoms with Crippen molar-refractivity contribution >= 4 is 11.6 Å². The molecule has 0 saturated heterocycles. The summed E-state index contributed by atoms with van der Waals surface area (Å²) in [6, 6.07) is 9.88. The predicted octanol–water partition coefficient (Wildman–Crippen LogP) is 1.98. The zero-order valence-electron chi connectivity index (χ0n) is 11.5. The van der Waals surface area contributed by atoms with Crippen molar-refractivity contribution in [3.63, 3.8) is 0 Å². The second kappa shape index (κ2) is 6.57. The lowest BCUT2D eigenvalue weighted by atomic mass is 10.1. The standard InChI is InChI=1S/C15H14N2O5/c18-13-5-4-10(8-14(13)19)6-7-16-15(20)11-2-1-3-12(9-11)17(21)22/h1-5,8-9,18-19H,6-7H2,(H,16,20). The Bertz CT molecular complexity index is 715. The molecule has 7 nitrogen and oxygen atoms in total. The predicted molar refractivity (Wildman–Crippen MR) is 78.9 cm³/mol. The van der Waals surface area contributed by atoms with Crippen LogP contribution in [-0.2, 0) is 6.42 Å². The molecular weight excluding hydrogens is 288 g/mol. The maximum absolute atomic E-state index is 11.9. The van der Waals surface area contributed by atoms with Gasteiger partial charge < -0.3 is 15.5 Å². The van der Waals surface area contributed by atoms with Gasteiger partial charge in [-0.1, -0.05) is 12.1 Å². The third kappa shape index (κ3) is 3.72. The number of hydrogen-bond donors (Lipinski definition) is 3.